The maximum Gasteiger partial charge on any atom is 0.236 e. The number of amides is 1. The summed E-state index contributed by atoms with van der Waals surface area (Å²) in [7, 11) is 0. The van der Waals surface area contributed by atoms with Crippen LogP contribution in [0.1, 0.15) is 25.6 Å². The first kappa shape index (κ1) is 14.1. The number of para-hydroxylation sites is 2. The quantitative estimate of drug-likeness (QED) is 0.911. The lowest BCUT2D eigenvalue weighted by Crippen LogP contribution is -2.36. The average molecular weight is 286 g/mol. The molecule has 1 fully saturated rings. The molecule has 1 aromatic heterocycles. The molecule has 0 aliphatic carbocycles. The van der Waals surface area contributed by atoms with E-state index in [-0.39, 0.29) is 5.91 Å². The van der Waals surface area contributed by atoms with Gasteiger partial charge in [0.2, 0.25) is 5.91 Å². The summed E-state index contributed by atoms with van der Waals surface area (Å²) in [6.07, 6.45) is 2.27. The maximum absolute atomic E-state index is 12.0. The second kappa shape index (κ2) is 6.26. The molecule has 1 aliphatic rings. The predicted octanol–water partition coefficient (Wildman–Crippen LogP) is 1.77. The monoisotopic (exact) mass is 286 g/mol. The van der Waals surface area contributed by atoms with E-state index < -0.39 is 0 Å². The summed E-state index contributed by atoms with van der Waals surface area (Å²) in [5, 5.41) is 3.24. The zero-order valence-electron chi connectivity index (χ0n) is 12.5. The van der Waals surface area contributed by atoms with Crippen molar-refractivity contribution in [2.75, 3.05) is 19.6 Å². The van der Waals surface area contributed by atoms with Crippen molar-refractivity contribution >= 4 is 16.9 Å². The molecule has 1 amide bonds. The molecular weight excluding hydrogens is 264 g/mol. The zero-order valence-corrected chi connectivity index (χ0v) is 12.5. The summed E-state index contributed by atoms with van der Waals surface area (Å²) < 4.78 is 2.20. The minimum absolute atomic E-state index is 0.201. The fraction of sp³-hybridized carbons (Fsp3) is 0.500. The smallest absolute Gasteiger partial charge is 0.236 e. The molecule has 21 heavy (non-hydrogen) atoms. The molecule has 5 heteroatoms. The summed E-state index contributed by atoms with van der Waals surface area (Å²) in [4.78, 5) is 18.6. The number of carbonyl (C=O) groups excluding carboxylic acids is 1. The summed E-state index contributed by atoms with van der Waals surface area (Å²) in [6, 6.07) is 8.15. The molecule has 2 aromatic rings. The number of hydrogen-bond donors (Lipinski definition) is 1. The van der Waals surface area contributed by atoms with Gasteiger partial charge in [0, 0.05) is 19.6 Å². The highest BCUT2D eigenvalue weighted by Crippen LogP contribution is 2.15. The van der Waals surface area contributed by atoms with Gasteiger partial charge in [0.25, 0.3) is 0 Å². The zero-order chi connectivity index (χ0) is 14.7. The van der Waals surface area contributed by atoms with Gasteiger partial charge in [-0.25, -0.2) is 4.98 Å². The number of fused-ring (bicyclic) bond motifs is 1. The molecular formula is C16H22N4O. The first-order chi connectivity index (χ1) is 10.3. The van der Waals surface area contributed by atoms with Gasteiger partial charge < -0.3 is 14.8 Å². The van der Waals surface area contributed by atoms with E-state index >= 15 is 0 Å². The lowest BCUT2D eigenvalue weighted by atomic mass is 10.3. The maximum atomic E-state index is 12.0. The SMILES string of the molecule is CCn1c(CNCC(=O)N2CCCC2)nc2ccccc21. The van der Waals surface area contributed by atoms with Crippen molar-refractivity contribution in [2.45, 2.75) is 32.9 Å². The van der Waals surface area contributed by atoms with Crippen molar-refractivity contribution in [1.82, 2.24) is 19.8 Å². The lowest BCUT2D eigenvalue weighted by Gasteiger charge is -2.15. The van der Waals surface area contributed by atoms with Crippen LogP contribution in [0.5, 0.6) is 0 Å². The number of hydrogen-bond acceptors (Lipinski definition) is 3. The Morgan fingerprint density at radius 1 is 1.29 bits per heavy atom. The number of carbonyl (C=O) groups is 1. The third-order valence-corrected chi connectivity index (χ3v) is 4.07. The van der Waals surface area contributed by atoms with E-state index in [4.69, 9.17) is 0 Å². The van der Waals surface area contributed by atoms with Crippen LogP contribution >= 0.6 is 0 Å². The fourth-order valence-electron chi connectivity index (χ4n) is 2.97. The molecule has 112 valence electrons. The summed E-state index contributed by atoms with van der Waals surface area (Å²) >= 11 is 0. The topological polar surface area (TPSA) is 50.2 Å². The van der Waals surface area contributed by atoms with Crippen LogP contribution in [-0.2, 0) is 17.9 Å². The molecule has 5 nitrogen and oxygen atoms in total. The highest BCUT2D eigenvalue weighted by Gasteiger charge is 2.17. The van der Waals surface area contributed by atoms with Crippen LogP contribution in [0.25, 0.3) is 11.0 Å². The van der Waals surface area contributed by atoms with Crippen molar-refractivity contribution < 1.29 is 4.79 Å². The number of nitrogens with one attached hydrogen (secondary N) is 1. The molecule has 1 saturated heterocycles. The summed E-state index contributed by atoms with van der Waals surface area (Å²) in [6.45, 7) is 5.85. The van der Waals surface area contributed by atoms with E-state index in [0.29, 0.717) is 13.1 Å². The highest BCUT2D eigenvalue weighted by atomic mass is 16.2. The molecule has 2 heterocycles. The third kappa shape index (κ3) is 2.93. The van der Waals surface area contributed by atoms with E-state index in [2.05, 4.69) is 27.9 Å². The molecule has 1 N–H and O–H groups in total. The van der Waals surface area contributed by atoms with Gasteiger partial charge in [0.1, 0.15) is 5.82 Å². The number of rotatable bonds is 5. The first-order valence-corrected chi connectivity index (χ1v) is 7.72. The largest absolute Gasteiger partial charge is 0.342 e. The second-order valence-electron chi connectivity index (χ2n) is 5.45. The van der Waals surface area contributed by atoms with Crippen LogP contribution in [0.15, 0.2) is 24.3 Å². The van der Waals surface area contributed by atoms with Crippen LogP contribution in [-0.4, -0.2) is 40.0 Å². The Labute approximate surface area is 125 Å². The molecule has 3 rings (SSSR count). The normalized spacial score (nSPS) is 15.0. The second-order valence-corrected chi connectivity index (χ2v) is 5.45. The van der Waals surface area contributed by atoms with Gasteiger partial charge in [0.15, 0.2) is 0 Å². The van der Waals surface area contributed by atoms with Gasteiger partial charge in [-0.15, -0.1) is 0 Å². The molecule has 0 saturated carbocycles. The van der Waals surface area contributed by atoms with Gasteiger partial charge in [0.05, 0.1) is 24.1 Å². The van der Waals surface area contributed by atoms with Crippen molar-refractivity contribution in [3.63, 3.8) is 0 Å². The number of aryl methyl sites for hydroxylation is 1. The van der Waals surface area contributed by atoms with Gasteiger partial charge in [-0.1, -0.05) is 12.1 Å². The Kier molecular flexibility index (Phi) is 4.20. The minimum Gasteiger partial charge on any atom is -0.342 e. The standard InChI is InChI=1S/C16H22N4O/c1-2-20-14-8-4-3-7-13(14)18-15(20)11-17-12-16(21)19-9-5-6-10-19/h3-4,7-8,17H,2,5-6,9-12H2,1H3. The van der Waals surface area contributed by atoms with Crippen molar-refractivity contribution in [1.29, 1.82) is 0 Å². The molecule has 1 aromatic carbocycles. The summed E-state index contributed by atoms with van der Waals surface area (Å²) in [5.74, 6) is 1.19. The van der Waals surface area contributed by atoms with Crippen LogP contribution in [0.3, 0.4) is 0 Å². The molecule has 0 spiro atoms. The molecule has 0 bridgehead atoms. The first-order valence-electron chi connectivity index (χ1n) is 7.72. The molecule has 1 aliphatic heterocycles. The average Bonchev–Trinajstić information content (AvgIpc) is 3.14. The number of nitrogens with zero attached hydrogens (tertiary/aromatic N) is 3. The van der Waals surface area contributed by atoms with Gasteiger partial charge >= 0.3 is 0 Å². The van der Waals surface area contributed by atoms with Gasteiger partial charge in [-0.2, -0.15) is 0 Å². The minimum atomic E-state index is 0.201. The number of aromatic nitrogens is 2. The van der Waals surface area contributed by atoms with E-state index in [1.807, 2.05) is 23.1 Å². The predicted molar refractivity (Wildman–Crippen MR) is 82.9 cm³/mol. The molecule has 0 atom stereocenters. The van der Waals surface area contributed by atoms with Crippen LogP contribution in [0.4, 0.5) is 0 Å². The number of benzene rings is 1. The third-order valence-electron chi connectivity index (χ3n) is 4.07. The Morgan fingerprint density at radius 3 is 2.81 bits per heavy atom. The Hall–Kier alpha value is -1.88. The van der Waals surface area contributed by atoms with Crippen LogP contribution in [0, 0.1) is 0 Å². The number of likely N-dealkylation sites (tertiary alicyclic amines) is 1. The van der Waals surface area contributed by atoms with Crippen molar-refractivity contribution in [2.24, 2.45) is 0 Å². The Morgan fingerprint density at radius 2 is 2.05 bits per heavy atom. The summed E-state index contributed by atoms with van der Waals surface area (Å²) in [5.41, 5.74) is 2.17. The van der Waals surface area contributed by atoms with Crippen LogP contribution < -0.4 is 5.32 Å². The fourth-order valence-corrected chi connectivity index (χ4v) is 2.97. The lowest BCUT2D eigenvalue weighted by molar-refractivity contribution is -0.129. The molecule has 0 unspecified atom stereocenters. The Balaban J connectivity index is 1.63. The van der Waals surface area contributed by atoms with Crippen molar-refractivity contribution in [3.8, 4) is 0 Å². The van der Waals surface area contributed by atoms with E-state index in [9.17, 15) is 4.79 Å². The van der Waals surface area contributed by atoms with E-state index in [1.54, 1.807) is 0 Å². The van der Waals surface area contributed by atoms with Gasteiger partial charge in [-0.3, -0.25) is 4.79 Å². The van der Waals surface area contributed by atoms with Gasteiger partial charge in [-0.05, 0) is 31.9 Å². The Bertz CT molecular complexity index is 628. The molecule has 0 radical (unpaired) electrons. The van der Waals surface area contributed by atoms with Crippen LogP contribution in [0.2, 0.25) is 0 Å². The highest BCUT2D eigenvalue weighted by molar-refractivity contribution is 5.78. The van der Waals surface area contributed by atoms with E-state index in [1.165, 1.54) is 0 Å². The van der Waals surface area contributed by atoms with E-state index in [0.717, 1.165) is 49.3 Å². The van der Waals surface area contributed by atoms with Crippen molar-refractivity contribution in [3.05, 3.63) is 30.1 Å². The number of imidazole rings is 1.